The van der Waals surface area contributed by atoms with Crippen molar-refractivity contribution in [1.82, 2.24) is 0 Å². The number of hydrogen-bond acceptors (Lipinski definition) is 3. The van der Waals surface area contributed by atoms with Crippen molar-refractivity contribution in [2.24, 2.45) is 5.73 Å². The van der Waals surface area contributed by atoms with Crippen molar-refractivity contribution < 1.29 is 8.42 Å². The molecule has 0 heterocycles. The summed E-state index contributed by atoms with van der Waals surface area (Å²) in [5.41, 5.74) is 7.09. The molecule has 0 aliphatic heterocycles. The molecule has 0 saturated carbocycles. The van der Waals surface area contributed by atoms with E-state index in [1.54, 1.807) is 6.92 Å². The van der Waals surface area contributed by atoms with E-state index in [1.165, 1.54) is 0 Å². The fraction of sp³-hybridized carbons (Fsp3) is 0.500. The zero-order chi connectivity index (χ0) is 13.8. The highest BCUT2D eigenvalue weighted by molar-refractivity contribution is 9.11. The van der Waals surface area contributed by atoms with Gasteiger partial charge in [0.05, 0.1) is 5.75 Å². The molecular weight excluding hydrogens is 382 g/mol. The molecule has 1 aromatic rings. The third kappa shape index (κ3) is 4.99. The van der Waals surface area contributed by atoms with Crippen LogP contribution in [0.25, 0.3) is 0 Å². The maximum Gasteiger partial charge on any atom is 0.150 e. The van der Waals surface area contributed by atoms with Crippen LogP contribution in [0.15, 0.2) is 27.1 Å². The molecule has 2 N–H and O–H groups in total. The summed E-state index contributed by atoms with van der Waals surface area (Å²) in [6.07, 6.45) is 1.25. The molecule has 6 heteroatoms. The first-order valence-electron chi connectivity index (χ1n) is 5.76. The third-order valence-electron chi connectivity index (χ3n) is 2.77. The van der Waals surface area contributed by atoms with E-state index in [1.807, 2.05) is 18.2 Å². The molecule has 0 amide bonds. The maximum absolute atomic E-state index is 11.4. The Bertz CT molecular complexity index is 503. The van der Waals surface area contributed by atoms with Crippen LogP contribution in [-0.2, 0) is 9.84 Å². The van der Waals surface area contributed by atoms with E-state index in [2.05, 4.69) is 31.9 Å². The van der Waals surface area contributed by atoms with Crippen LogP contribution in [0.4, 0.5) is 0 Å². The van der Waals surface area contributed by atoms with E-state index in [4.69, 9.17) is 5.73 Å². The largest absolute Gasteiger partial charge is 0.324 e. The van der Waals surface area contributed by atoms with Gasteiger partial charge in [0.25, 0.3) is 0 Å². The average Bonchev–Trinajstić information content (AvgIpc) is 2.32. The lowest BCUT2D eigenvalue weighted by Crippen LogP contribution is -2.14. The Balaban J connectivity index is 2.61. The topological polar surface area (TPSA) is 60.2 Å². The van der Waals surface area contributed by atoms with Crippen LogP contribution in [0.3, 0.4) is 0 Å². The molecule has 0 aliphatic carbocycles. The summed E-state index contributed by atoms with van der Waals surface area (Å²) in [4.78, 5) is 0. The first-order valence-corrected chi connectivity index (χ1v) is 9.17. The van der Waals surface area contributed by atoms with Gasteiger partial charge in [-0.3, -0.25) is 0 Å². The van der Waals surface area contributed by atoms with E-state index in [9.17, 15) is 8.42 Å². The lowest BCUT2D eigenvalue weighted by molar-refractivity contribution is 0.583. The smallest absolute Gasteiger partial charge is 0.150 e. The molecule has 1 rings (SSSR count). The van der Waals surface area contributed by atoms with E-state index in [0.717, 1.165) is 14.5 Å². The Hall–Kier alpha value is 0.0900. The summed E-state index contributed by atoms with van der Waals surface area (Å²) < 4.78 is 24.7. The minimum absolute atomic E-state index is 0.149. The van der Waals surface area contributed by atoms with Gasteiger partial charge in [0.15, 0.2) is 0 Å². The summed E-state index contributed by atoms with van der Waals surface area (Å²) in [5.74, 6) is 0.408. The summed E-state index contributed by atoms with van der Waals surface area (Å²) in [5, 5.41) is 0. The van der Waals surface area contributed by atoms with E-state index >= 15 is 0 Å². The van der Waals surface area contributed by atoms with Gasteiger partial charge < -0.3 is 5.73 Å². The normalized spacial score (nSPS) is 13.6. The monoisotopic (exact) mass is 397 g/mol. The second-order valence-electron chi connectivity index (χ2n) is 4.15. The summed E-state index contributed by atoms with van der Waals surface area (Å²) in [6, 6.07) is 5.68. The molecule has 1 atom stereocenters. The molecule has 1 unspecified atom stereocenters. The van der Waals surface area contributed by atoms with Gasteiger partial charge in [0.1, 0.15) is 9.84 Å². The average molecular weight is 399 g/mol. The molecule has 0 fully saturated rings. The Labute approximate surface area is 125 Å². The van der Waals surface area contributed by atoms with E-state index < -0.39 is 9.84 Å². The Morgan fingerprint density at radius 3 is 2.61 bits per heavy atom. The predicted octanol–water partition coefficient (Wildman–Crippen LogP) is 3.43. The van der Waals surface area contributed by atoms with Gasteiger partial charge in [-0.2, -0.15) is 0 Å². The van der Waals surface area contributed by atoms with Crippen LogP contribution in [0.5, 0.6) is 0 Å². The van der Waals surface area contributed by atoms with Crippen molar-refractivity contribution in [3.05, 3.63) is 32.7 Å². The Morgan fingerprint density at radius 2 is 2.00 bits per heavy atom. The van der Waals surface area contributed by atoms with Gasteiger partial charge >= 0.3 is 0 Å². The minimum atomic E-state index is -2.89. The predicted molar refractivity (Wildman–Crippen MR) is 82.3 cm³/mol. The van der Waals surface area contributed by atoms with Crippen LogP contribution < -0.4 is 5.73 Å². The number of hydrogen-bond donors (Lipinski definition) is 1. The Kier molecular flexibility index (Phi) is 6.30. The van der Waals surface area contributed by atoms with Crippen molar-refractivity contribution in [2.45, 2.75) is 25.8 Å². The standard InChI is InChI=1S/C12H17Br2NO2S/c1-2-18(16,17)7-3-4-12(15)10-8-9(13)5-6-11(10)14/h5-6,8,12H,2-4,7,15H2,1H3. The van der Waals surface area contributed by atoms with Crippen LogP contribution in [-0.4, -0.2) is 19.9 Å². The molecule has 0 bridgehead atoms. The van der Waals surface area contributed by atoms with Crippen LogP contribution in [0, 0.1) is 0 Å². The maximum atomic E-state index is 11.4. The minimum Gasteiger partial charge on any atom is -0.324 e. The van der Waals surface area contributed by atoms with Crippen LogP contribution >= 0.6 is 31.9 Å². The zero-order valence-corrected chi connectivity index (χ0v) is 14.2. The van der Waals surface area contributed by atoms with Crippen molar-refractivity contribution in [3.8, 4) is 0 Å². The second kappa shape index (κ2) is 7.03. The fourth-order valence-corrected chi connectivity index (χ4v) is 3.44. The lowest BCUT2D eigenvalue weighted by Gasteiger charge is -2.14. The molecule has 102 valence electrons. The van der Waals surface area contributed by atoms with Crippen molar-refractivity contribution in [1.29, 1.82) is 0 Å². The van der Waals surface area contributed by atoms with Gasteiger partial charge in [0, 0.05) is 20.7 Å². The zero-order valence-electron chi connectivity index (χ0n) is 10.2. The van der Waals surface area contributed by atoms with Crippen LogP contribution in [0.2, 0.25) is 0 Å². The number of benzene rings is 1. The number of nitrogens with two attached hydrogens (primary N) is 1. The number of halogens is 2. The highest BCUT2D eigenvalue weighted by Gasteiger charge is 2.13. The summed E-state index contributed by atoms with van der Waals surface area (Å²) in [6.45, 7) is 1.67. The van der Waals surface area contributed by atoms with Gasteiger partial charge in [-0.15, -0.1) is 0 Å². The van der Waals surface area contributed by atoms with Gasteiger partial charge in [-0.25, -0.2) is 8.42 Å². The number of rotatable bonds is 6. The van der Waals surface area contributed by atoms with Gasteiger partial charge in [-0.1, -0.05) is 38.8 Å². The molecule has 0 aromatic heterocycles. The molecule has 3 nitrogen and oxygen atoms in total. The molecule has 0 saturated heterocycles. The third-order valence-corrected chi connectivity index (χ3v) is 5.77. The first-order chi connectivity index (χ1) is 8.35. The molecule has 0 aliphatic rings. The van der Waals surface area contributed by atoms with E-state index in [0.29, 0.717) is 12.8 Å². The highest BCUT2D eigenvalue weighted by atomic mass is 79.9. The quantitative estimate of drug-likeness (QED) is 0.798. The molecule has 0 radical (unpaired) electrons. The SMILES string of the molecule is CCS(=O)(=O)CCCC(N)c1cc(Br)ccc1Br. The molecule has 18 heavy (non-hydrogen) atoms. The van der Waals surface area contributed by atoms with E-state index in [-0.39, 0.29) is 17.5 Å². The fourth-order valence-electron chi connectivity index (χ4n) is 1.62. The molecule has 0 spiro atoms. The second-order valence-corrected chi connectivity index (χ2v) is 8.39. The Morgan fingerprint density at radius 1 is 1.33 bits per heavy atom. The highest BCUT2D eigenvalue weighted by Crippen LogP contribution is 2.28. The van der Waals surface area contributed by atoms with Crippen molar-refractivity contribution in [2.75, 3.05) is 11.5 Å². The number of sulfone groups is 1. The molecular formula is C12H17Br2NO2S. The van der Waals surface area contributed by atoms with Gasteiger partial charge in [-0.05, 0) is 36.6 Å². The van der Waals surface area contributed by atoms with Gasteiger partial charge in [0.2, 0.25) is 0 Å². The van der Waals surface area contributed by atoms with Crippen molar-refractivity contribution in [3.63, 3.8) is 0 Å². The molecule has 1 aromatic carbocycles. The lowest BCUT2D eigenvalue weighted by atomic mass is 10.0. The summed E-state index contributed by atoms with van der Waals surface area (Å²) in [7, 11) is -2.89. The summed E-state index contributed by atoms with van der Waals surface area (Å²) >= 11 is 6.86. The first kappa shape index (κ1) is 16.1. The van der Waals surface area contributed by atoms with Crippen LogP contribution in [0.1, 0.15) is 31.4 Å². The van der Waals surface area contributed by atoms with Crippen molar-refractivity contribution >= 4 is 41.7 Å².